The van der Waals surface area contributed by atoms with Crippen LogP contribution in [-0.2, 0) is 17.4 Å². The molecule has 1 amide bonds. The van der Waals surface area contributed by atoms with E-state index in [1.54, 1.807) is 13.0 Å². The Morgan fingerprint density at radius 2 is 2.14 bits per heavy atom. The fourth-order valence-electron chi connectivity index (χ4n) is 1.67. The first-order chi connectivity index (χ1) is 9.75. The second kappa shape index (κ2) is 5.84. The lowest BCUT2D eigenvalue weighted by Gasteiger charge is -2.02. The average Bonchev–Trinajstić information content (AvgIpc) is 2.92. The van der Waals surface area contributed by atoms with E-state index in [2.05, 4.69) is 15.5 Å². The molecule has 0 saturated carbocycles. The summed E-state index contributed by atoms with van der Waals surface area (Å²) in [5, 5.41) is 5.98. The third-order valence-corrected chi connectivity index (χ3v) is 3.69. The zero-order chi connectivity index (χ0) is 15.6. The molecule has 21 heavy (non-hydrogen) atoms. The van der Waals surface area contributed by atoms with E-state index in [0.717, 1.165) is 0 Å². The average molecular weight is 319 g/mol. The maximum atomic E-state index is 12.6. The number of carbonyl (C=O) groups is 1. The van der Waals surface area contributed by atoms with E-state index in [1.807, 2.05) is 0 Å². The van der Waals surface area contributed by atoms with Crippen molar-refractivity contribution in [3.63, 3.8) is 0 Å². The molecule has 2 aromatic heterocycles. The molecule has 2 rings (SSSR count). The van der Waals surface area contributed by atoms with Gasteiger partial charge in [-0.15, -0.1) is 0 Å². The summed E-state index contributed by atoms with van der Waals surface area (Å²) in [6.45, 7) is 3.01. The van der Waals surface area contributed by atoms with Crippen molar-refractivity contribution in [3.05, 3.63) is 28.1 Å². The summed E-state index contributed by atoms with van der Waals surface area (Å²) in [7, 11) is 0. The first kappa shape index (κ1) is 15.5. The van der Waals surface area contributed by atoms with Gasteiger partial charge in [-0.3, -0.25) is 4.79 Å². The van der Waals surface area contributed by atoms with Gasteiger partial charge in [-0.2, -0.15) is 13.2 Å². The van der Waals surface area contributed by atoms with E-state index in [1.165, 1.54) is 6.92 Å². The molecule has 0 unspecified atom stereocenters. The number of alkyl halides is 3. The number of anilines is 1. The highest BCUT2D eigenvalue weighted by atomic mass is 32.1. The number of hydrogen-bond donors (Lipinski definition) is 1. The summed E-state index contributed by atoms with van der Waals surface area (Å²) >= 11 is 0.417. The summed E-state index contributed by atoms with van der Waals surface area (Å²) in [6.07, 6.45) is -4.06. The number of rotatable bonds is 4. The van der Waals surface area contributed by atoms with Gasteiger partial charge in [-0.05, 0) is 13.8 Å². The van der Waals surface area contributed by atoms with Crippen molar-refractivity contribution in [1.29, 1.82) is 0 Å². The molecule has 9 heteroatoms. The number of amides is 1. The van der Waals surface area contributed by atoms with Crippen LogP contribution in [0.3, 0.4) is 0 Å². The molecular weight excluding hydrogens is 307 g/mol. The van der Waals surface area contributed by atoms with Crippen molar-refractivity contribution in [1.82, 2.24) is 10.1 Å². The van der Waals surface area contributed by atoms with Gasteiger partial charge in [0.05, 0.1) is 11.4 Å². The van der Waals surface area contributed by atoms with Gasteiger partial charge in [0.1, 0.15) is 10.6 Å². The van der Waals surface area contributed by atoms with E-state index in [0.29, 0.717) is 29.2 Å². The maximum absolute atomic E-state index is 12.6. The van der Waals surface area contributed by atoms with Gasteiger partial charge in [-0.25, -0.2) is 4.98 Å². The molecule has 2 aromatic rings. The third-order valence-electron chi connectivity index (χ3n) is 2.58. The van der Waals surface area contributed by atoms with Gasteiger partial charge in [0.25, 0.3) is 0 Å². The van der Waals surface area contributed by atoms with Crippen LogP contribution in [0.1, 0.15) is 28.4 Å². The number of aryl methyl sites for hydroxylation is 3. The van der Waals surface area contributed by atoms with Crippen molar-refractivity contribution >= 4 is 22.4 Å². The van der Waals surface area contributed by atoms with Crippen LogP contribution in [0, 0.1) is 13.8 Å². The summed E-state index contributed by atoms with van der Waals surface area (Å²) in [5.41, 5.74) is 0.560. The number of carbonyl (C=O) groups excluding carboxylic acids is 1. The molecule has 0 atom stereocenters. The minimum atomic E-state index is -4.46. The lowest BCUT2D eigenvalue weighted by molar-refractivity contribution is -0.134. The predicted molar refractivity (Wildman–Crippen MR) is 70.0 cm³/mol. The highest BCUT2D eigenvalue weighted by Crippen LogP contribution is 2.37. The SMILES string of the molecule is Cc1cc(CCC(=O)Nc2nc(C)c(C(F)(F)F)s2)on1. The minimum absolute atomic E-state index is 0.0569. The molecule has 0 spiro atoms. The molecule has 5 nitrogen and oxygen atoms in total. The van der Waals surface area contributed by atoms with E-state index in [9.17, 15) is 18.0 Å². The van der Waals surface area contributed by atoms with E-state index in [4.69, 9.17) is 4.52 Å². The van der Waals surface area contributed by atoms with Gasteiger partial charge in [0.15, 0.2) is 5.13 Å². The standard InChI is InChI=1S/C12H12F3N3O2S/c1-6-5-8(20-18-6)3-4-9(19)17-11-16-7(2)10(21-11)12(13,14)15/h5H,3-4H2,1-2H3,(H,16,17,19). The van der Waals surface area contributed by atoms with Gasteiger partial charge < -0.3 is 9.84 Å². The van der Waals surface area contributed by atoms with Crippen LogP contribution in [0.4, 0.5) is 18.3 Å². The number of hydrogen-bond acceptors (Lipinski definition) is 5. The lowest BCUT2D eigenvalue weighted by Crippen LogP contribution is -2.11. The first-order valence-electron chi connectivity index (χ1n) is 6.02. The summed E-state index contributed by atoms with van der Waals surface area (Å²) in [4.78, 5) is 14.6. The predicted octanol–water partition coefficient (Wildman–Crippen LogP) is 3.34. The Labute approximate surface area is 122 Å². The van der Waals surface area contributed by atoms with Crippen LogP contribution in [-0.4, -0.2) is 16.0 Å². The van der Waals surface area contributed by atoms with Gasteiger partial charge in [0.2, 0.25) is 5.91 Å². The molecule has 2 heterocycles. The van der Waals surface area contributed by atoms with Gasteiger partial charge >= 0.3 is 6.18 Å². The summed E-state index contributed by atoms with van der Waals surface area (Å²) < 4.78 is 42.8. The first-order valence-corrected chi connectivity index (χ1v) is 6.84. The molecule has 114 valence electrons. The number of thiazole rings is 1. The normalized spacial score (nSPS) is 11.7. The van der Waals surface area contributed by atoms with Crippen LogP contribution in [0.25, 0.3) is 0 Å². The number of nitrogens with one attached hydrogen (secondary N) is 1. The highest BCUT2D eigenvalue weighted by molar-refractivity contribution is 7.16. The quantitative estimate of drug-likeness (QED) is 0.938. The van der Waals surface area contributed by atoms with Crippen LogP contribution in [0.15, 0.2) is 10.6 Å². The lowest BCUT2D eigenvalue weighted by atomic mass is 10.2. The van der Waals surface area contributed by atoms with Gasteiger partial charge in [-0.1, -0.05) is 16.5 Å². The fraction of sp³-hybridized carbons (Fsp3) is 0.417. The van der Waals surface area contributed by atoms with E-state index >= 15 is 0 Å². The Balaban J connectivity index is 1.94. The minimum Gasteiger partial charge on any atom is -0.361 e. The molecule has 0 fully saturated rings. The third kappa shape index (κ3) is 4.03. The summed E-state index contributed by atoms with van der Waals surface area (Å²) in [6, 6.07) is 1.70. The van der Waals surface area contributed by atoms with E-state index < -0.39 is 17.0 Å². The molecule has 0 saturated heterocycles. The second-order valence-electron chi connectivity index (χ2n) is 4.41. The Bertz CT molecular complexity index is 648. The van der Waals surface area contributed by atoms with Crippen molar-refractivity contribution in [2.24, 2.45) is 0 Å². The van der Waals surface area contributed by atoms with Crippen LogP contribution in [0.5, 0.6) is 0 Å². The zero-order valence-corrected chi connectivity index (χ0v) is 12.1. The molecule has 0 aromatic carbocycles. The molecule has 0 aliphatic carbocycles. The van der Waals surface area contributed by atoms with Crippen molar-refractivity contribution in [2.75, 3.05) is 5.32 Å². The Hall–Kier alpha value is -1.90. The molecule has 0 bridgehead atoms. The molecular formula is C12H12F3N3O2S. The Kier molecular flexibility index (Phi) is 4.31. The monoisotopic (exact) mass is 319 g/mol. The molecule has 0 aliphatic heterocycles. The Morgan fingerprint density at radius 3 is 2.67 bits per heavy atom. The maximum Gasteiger partial charge on any atom is 0.427 e. The summed E-state index contributed by atoms with van der Waals surface area (Å²) in [5.74, 6) is 0.125. The zero-order valence-electron chi connectivity index (χ0n) is 11.2. The molecule has 0 aliphatic rings. The van der Waals surface area contributed by atoms with Crippen molar-refractivity contribution < 1.29 is 22.5 Å². The van der Waals surface area contributed by atoms with Gasteiger partial charge in [0, 0.05) is 18.9 Å². The molecule has 1 N–H and O–H groups in total. The number of aromatic nitrogens is 2. The second-order valence-corrected chi connectivity index (χ2v) is 5.41. The van der Waals surface area contributed by atoms with Crippen molar-refractivity contribution in [3.8, 4) is 0 Å². The topological polar surface area (TPSA) is 68.0 Å². The number of halogens is 3. The van der Waals surface area contributed by atoms with Crippen LogP contribution < -0.4 is 5.32 Å². The van der Waals surface area contributed by atoms with Crippen LogP contribution in [0.2, 0.25) is 0 Å². The van der Waals surface area contributed by atoms with E-state index in [-0.39, 0.29) is 17.2 Å². The molecule has 0 radical (unpaired) electrons. The number of nitrogens with zero attached hydrogens (tertiary/aromatic N) is 2. The van der Waals surface area contributed by atoms with Crippen molar-refractivity contribution in [2.45, 2.75) is 32.9 Å². The Morgan fingerprint density at radius 1 is 1.43 bits per heavy atom. The van der Waals surface area contributed by atoms with Crippen LogP contribution >= 0.6 is 11.3 Å². The fourth-order valence-corrected chi connectivity index (χ4v) is 2.52. The largest absolute Gasteiger partial charge is 0.427 e. The highest BCUT2D eigenvalue weighted by Gasteiger charge is 2.35. The smallest absolute Gasteiger partial charge is 0.361 e.